The van der Waals surface area contributed by atoms with Gasteiger partial charge in [-0.15, -0.1) is 0 Å². The van der Waals surface area contributed by atoms with E-state index < -0.39 is 12.0 Å². The van der Waals surface area contributed by atoms with Gasteiger partial charge in [-0.25, -0.2) is 4.79 Å². The predicted octanol–water partition coefficient (Wildman–Crippen LogP) is 1.24. The first kappa shape index (κ1) is 14.8. The Morgan fingerprint density at radius 2 is 1.95 bits per heavy atom. The third-order valence-electron chi connectivity index (χ3n) is 5.01. The molecule has 1 N–H and O–H groups in total. The Bertz CT molecular complexity index is 666. The largest absolute Gasteiger partial charge is 0.480 e. The standard InChI is InChI=1S/C16H20N2O4/c1-17-12(7-4-8-14(17)19)15(20)18-11-6-3-2-5-10(11)9-13(18)16(21)22/h4,7-8,10-11,13H,2-3,5-6,9H2,1H3,(H,21,22). The highest BCUT2D eigenvalue weighted by Gasteiger charge is 2.48. The summed E-state index contributed by atoms with van der Waals surface area (Å²) in [6.07, 6.45) is 4.46. The quantitative estimate of drug-likeness (QED) is 0.891. The summed E-state index contributed by atoms with van der Waals surface area (Å²) < 4.78 is 1.29. The Morgan fingerprint density at radius 3 is 2.68 bits per heavy atom. The van der Waals surface area contributed by atoms with E-state index in [2.05, 4.69) is 0 Å². The molecule has 0 radical (unpaired) electrons. The normalized spacial score (nSPS) is 27.5. The first-order valence-electron chi connectivity index (χ1n) is 7.72. The summed E-state index contributed by atoms with van der Waals surface area (Å²) in [6, 6.07) is 3.71. The number of amides is 1. The van der Waals surface area contributed by atoms with Crippen molar-refractivity contribution in [2.45, 2.75) is 44.2 Å². The second-order valence-corrected chi connectivity index (χ2v) is 6.22. The number of carbonyl (C=O) groups is 2. The summed E-state index contributed by atoms with van der Waals surface area (Å²) in [5, 5.41) is 9.49. The highest BCUT2D eigenvalue weighted by Crippen LogP contribution is 2.40. The molecule has 2 aliphatic rings. The highest BCUT2D eigenvalue weighted by atomic mass is 16.4. The fourth-order valence-corrected chi connectivity index (χ4v) is 3.88. The molecular formula is C16H20N2O4. The van der Waals surface area contributed by atoms with Crippen LogP contribution in [0, 0.1) is 5.92 Å². The Balaban J connectivity index is 1.99. The molecule has 6 nitrogen and oxygen atoms in total. The molecule has 1 saturated heterocycles. The van der Waals surface area contributed by atoms with Crippen LogP contribution in [0.3, 0.4) is 0 Å². The van der Waals surface area contributed by atoms with Crippen LogP contribution >= 0.6 is 0 Å². The molecule has 1 aromatic heterocycles. The van der Waals surface area contributed by atoms with Crippen LogP contribution in [0.15, 0.2) is 23.0 Å². The number of carboxylic acids is 1. The summed E-state index contributed by atoms with van der Waals surface area (Å²) in [5.74, 6) is -1.04. The predicted molar refractivity (Wildman–Crippen MR) is 79.6 cm³/mol. The van der Waals surface area contributed by atoms with E-state index in [9.17, 15) is 19.5 Å². The van der Waals surface area contributed by atoms with Gasteiger partial charge in [-0.3, -0.25) is 9.59 Å². The highest BCUT2D eigenvalue weighted by molar-refractivity contribution is 5.96. The molecular weight excluding hydrogens is 284 g/mol. The molecule has 6 heteroatoms. The van der Waals surface area contributed by atoms with Gasteiger partial charge in [0.15, 0.2) is 0 Å². The number of rotatable bonds is 2. The molecule has 118 valence electrons. The van der Waals surface area contributed by atoms with Gasteiger partial charge in [0, 0.05) is 19.2 Å². The van der Waals surface area contributed by atoms with E-state index in [0.717, 1.165) is 25.7 Å². The van der Waals surface area contributed by atoms with E-state index in [1.54, 1.807) is 19.2 Å². The molecule has 0 bridgehead atoms. The SMILES string of the molecule is Cn1c(C(=O)N2C(C(=O)O)CC3CCCCC32)cccc1=O. The Labute approximate surface area is 128 Å². The Kier molecular flexibility index (Phi) is 3.76. The van der Waals surface area contributed by atoms with Gasteiger partial charge in [0.2, 0.25) is 0 Å². The molecule has 2 fully saturated rings. The fraction of sp³-hybridized carbons (Fsp3) is 0.562. The summed E-state index contributed by atoms with van der Waals surface area (Å²) in [6.45, 7) is 0. The van der Waals surface area contributed by atoms with Crippen LogP contribution in [-0.4, -0.2) is 38.5 Å². The van der Waals surface area contributed by atoms with Crippen molar-refractivity contribution in [2.75, 3.05) is 0 Å². The van der Waals surface area contributed by atoms with Gasteiger partial charge in [0.25, 0.3) is 11.5 Å². The lowest BCUT2D eigenvalue weighted by molar-refractivity contribution is -0.141. The number of carboxylic acid groups (broad SMARTS) is 1. The maximum absolute atomic E-state index is 12.9. The van der Waals surface area contributed by atoms with E-state index in [-0.39, 0.29) is 29.1 Å². The van der Waals surface area contributed by atoms with E-state index >= 15 is 0 Å². The molecule has 0 spiro atoms. The molecule has 1 amide bonds. The molecule has 1 saturated carbocycles. The van der Waals surface area contributed by atoms with E-state index in [0.29, 0.717) is 6.42 Å². The number of carbonyl (C=O) groups excluding carboxylic acids is 1. The van der Waals surface area contributed by atoms with Crippen LogP contribution in [0.5, 0.6) is 0 Å². The van der Waals surface area contributed by atoms with Crippen molar-refractivity contribution in [2.24, 2.45) is 13.0 Å². The van der Waals surface area contributed by atoms with Crippen molar-refractivity contribution in [1.82, 2.24) is 9.47 Å². The number of fused-ring (bicyclic) bond motifs is 1. The zero-order valence-electron chi connectivity index (χ0n) is 12.6. The summed E-state index contributed by atoms with van der Waals surface area (Å²) in [4.78, 5) is 37.7. The summed E-state index contributed by atoms with van der Waals surface area (Å²) in [7, 11) is 1.54. The van der Waals surface area contributed by atoms with Gasteiger partial charge >= 0.3 is 5.97 Å². The van der Waals surface area contributed by atoms with E-state index in [1.807, 2.05) is 0 Å². The number of likely N-dealkylation sites (tertiary alicyclic amines) is 1. The third kappa shape index (κ3) is 2.32. The van der Waals surface area contributed by atoms with Crippen molar-refractivity contribution >= 4 is 11.9 Å². The zero-order valence-corrected chi connectivity index (χ0v) is 12.6. The lowest BCUT2D eigenvalue weighted by atomic mass is 9.84. The first-order valence-corrected chi connectivity index (χ1v) is 7.72. The minimum Gasteiger partial charge on any atom is -0.480 e. The number of hydrogen-bond donors (Lipinski definition) is 1. The molecule has 1 aliphatic carbocycles. The smallest absolute Gasteiger partial charge is 0.326 e. The van der Waals surface area contributed by atoms with Crippen LogP contribution in [-0.2, 0) is 11.8 Å². The lowest BCUT2D eigenvalue weighted by Gasteiger charge is -2.33. The van der Waals surface area contributed by atoms with Gasteiger partial charge in [0.1, 0.15) is 11.7 Å². The van der Waals surface area contributed by atoms with Crippen LogP contribution in [0.25, 0.3) is 0 Å². The van der Waals surface area contributed by atoms with Crippen molar-refractivity contribution in [3.8, 4) is 0 Å². The van der Waals surface area contributed by atoms with Crippen LogP contribution in [0.2, 0.25) is 0 Å². The maximum Gasteiger partial charge on any atom is 0.326 e. The molecule has 1 aliphatic heterocycles. The number of hydrogen-bond acceptors (Lipinski definition) is 3. The maximum atomic E-state index is 12.9. The minimum absolute atomic E-state index is 0.0161. The van der Waals surface area contributed by atoms with Crippen molar-refractivity contribution in [3.63, 3.8) is 0 Å². The topological polar surface area (TPSA) is 79.6 Å². The molecule has 3 rings (SSSR count). The number of aromatic nitrogens is 1. The van der Waals surface area contributed by atoms with Crippen molar-refractivity contribution in [3.05, 3.63) is 34.2 Å². The minimum atomic E-state index is -0.955. The molecule has 2 heterocycles. The molecule has 3 unspecified atom stereocenters. The second-order valence-electron chi connectivity index (χ2n) is 6.22. The number of aliphatic carboxylic acids is 1. The summed E-state index contributed by atoms with van der Waals surface area (Å²) in [5.41, 5.74) is -0.0120. The van der Waals surface area contributed by atoms with Gasteiger partial charge in [0.05, 0.1) is 0 Å². The Morgan fingerprint density at radius 1 is 1.23 bits per heavy atom. The third-order valence-corrected chi connectivity index (χ3v) is 5.01. The van der Waals surface area contributed by atoms with Crippen LogP contribution in [0.4, 0.5) is 0 Å². The van der Waals surface area contributed by atoms with Gasteiger partial charge in [-0.2, -0.15) is 0 Å². The van der Waals surface area contributed by atoms with E-state index in [4.69, 9.17) is 0 Å². The molecule has 3 atom stereocenters. The van der Waals surface area contributed by atoms with Gasteiger partial charge < -0.3 is 14.6 Å². The lowest BCUT2D eigenvalue weighted by Crippen LogP contribution is -2.47. The first-order chi connectivity index (χ1) is 10.5. The average Bonchev–Trinajstić information content (AvgIpc) is 2.89. The average molecular weight is 304 g/mol. The van der Waals surface area contributed by atoms with Crippen molar-refractivity contribution < 1.29 is 14.7 Å². The van der Waals surface area contributed by atoms with Crippen LogP contribution < -0.4 is 5.56 Å². The zero-order chi connectivity index (χ0) is 15.9. The second kappa shape index (κ2) is 5.59. The van der Waals surface area contributed by atoms with Gasteiger partial charge in [-0.1, -0.05) is 18.9 Å². The molecule has 22 heavy (non-hydrogen) atoms. The number of nitrogens with zero attached hydrogens (tertiary/aromatic N) is 2. The van der Waals surface area contributed by atoms with Crippen molar-refractivity contribution in [1.29, 1.82) is 0 Å². The Hall–Kier alpha value is -2.11. The molecule has 0 aromatic carbocycles. The molecule has 1 aromatic rings. The number of pyridine rings is 1. The summed E-state index contributed by atoms with van der Waals surface area (Å²) >= 11 is 0. The van der Waals surface area contributed by atoms with Crippen LogP contribution in [0.1, 0.15) is 42.6 Å². The van der Waals surface area contributed by atoms with Gasteiger partial charge in [-0.05, 0) is 31.2 Å². The monoisotopic (exact) mass is 304 g/mol. The fourth-order valence-electron chi connectivity index (χ4n) is 3.88. The van der Waals surface area contributed by atoms with E-state index in [1.165, 1.54) is 15.5 Å².